The summed E-state index contributed by atoms with van der Waals surface area (Å²) in [5, 5.41) is 21.4. The lowest BCUT2D eigenvalue weighted by Gasteiger charge is -2.24. The van der Waals surface area contributed by atoms with Crippen molar-refractivity contribution in [3.63, 3.8) is 0 Å². The van der Waals surface area contributed by atoms with E-state index < -0.39 is 18.4 Å². The zero-order valence-electron chi connectivity index (χ0n) is 10.5. The Morgan fingerprint density at radius 2 is 1.75 bits per heavy atom. The van der Waals surface area contributed by atoms with Crippen LogP contribution in [0.25, 0.3) is 0 Å². The van der Waals surface area contributed by atoms with Crippen LogP contribution in [0.5, 0.6) is 0 Å². The van der Waals surface area contributed by atoms with Crippen molar-refractivity contribution in [2.24, 2.45) is 0 Å². The molecule has 102 valence electrons. The highest BCUT2D eigenvalue weighted by Gasteiger charge is 2.37. The number of carbonyl (C=O) groups excluding carboxylic acids is 1. The van der Waals surface area contributed by atoms with E-state index in [0.29, 0.717) is 16.7 Å². The van der Waals surface area contributed by atoms with E-state index in [0.717, 1.165) is 5.01 Å². The zero-order chi connectivity index (χ0) is 14.1. The predicted molar refractivity (Wildman–Crippen MR) is 69.9 cm³/mol. The zero-order valence-corrected chi connectivity index (χ0v) is 10.5. The van der Waals surface area contributed by atoms with Gasteiger partial charge in [-0.05, 0) is 12.1 Å². The fourth-order valence-corrected chi connectivity index (χ4v) is 2.22. The molecule has 0 aliphatic carbocycles. The van der Waals surface area contributed by atoms with E-state index in [4.69, 9.17) is 0 Å². The number of carbonyl (C=O) groups is 1. The van der Waals surface area contributed by atoms with Crippen LogP contribution < -0.4 is 5.43 Å². The lowest BCUT2D eigenvalue weighted by molar-refractivity contribution is -0.109. The van der Waals surface area contributed by atoms with Crippen molar-refractivity contribution in [1.82, 2.24) is 15.4 Å². The molecule has 6 nitrogen and oxygen atoms in total. The minimum Gasteiger partial charge on any atom is -0.372 e. The van der Waals surface area contributed by atoms with Gasteiger partial charge >= 0.3 is 0 Å². The van der Waals surface area contributed by atoms with E-state index >= 15 is 0 Å². The first-order chi connectivity index (χ1) is 9.68. The van der Waals surface area contributed by atoms with Crippen LogP contribution >= 0.6 is 0 Å². The standard InChI is InChI=1S/C14H13N3O3/c18-12(9-4-3-7-15-8-9)16-17-13(19)10-5-1-2-6-11(10)14(17)20/h1-8,13-14,19-20H,(H,16,18). The molecule has 2 unspecified atom stereocenters. The maximum absolute atomic E-state index is 12.0. The molecule has 1 aromatic carbocycles. The molecule has 0 spiro atoms. The third kappa shape index (κ3) is 2.05. The highest BCUT2D eigenvalue weighted by atomic mass is 16.3. The van der Waals surface area contributed by atoms with E-state index in [1.165, 1.54) is 6.20 Å². The van der Waals surface area contributed by atoms with Gasteiger partial charge in [0.1, 0.15) is 0 Å². The predicted octanol–water partition coefficient (Wildman–Crippen LogP) is 0.724. The molecule has 3 N–H and O–H groups in total. The van der Waals surface area contributed by atoms with Gasteiger partial charge in [-0.1, -0.05) is 24.3 Å². The monoisotopic (exact) mass is 271 g/mol. The van der Waals surface area contributed by atoms with Crippen LogP contribution in [0.2, 0.25) is 0 Å². The topological polar surface area (TPSA) is 85.7 Å². The summed E-state index contributed by atoms with van der Waals surface area (Å²) in [6, 6.07) is 10.2. The Balaban J connectivity index is 1.82. The number of nitrogens with one attached hydrogen (secondary N) is 1. The Labute approximate surface area is 115 Å². The summed E-state index contributed by atoms with van der Waals surface area (Å²) in [6.45, 7) is 0. The fourth-order valence-electron chi connectivity index (χ4n) is 2.22. The Morgan fingerprint density at radius 1 is 1.10 bits per heavy atom. The highest BCUT2D eigenvalue weighted by molar-refractivity contribution is 5.93. The number of hydrogen-bond acceptors (Lipinski definition) is 5. The van der Waals surface area contributed by atoms with Crippen molar-refractivity contribution in [1.29, 1.82) is 0 Å². The van der Waals surface area contributed by atoms with Crippen molar-refractivity contribution < 1.29 is 15.0 Å². The molecule has 2 atom stereocenters. The van der Waals surface area contributed by atoms with Crippen LogP contribution in [0.1, 0.15) is 33.9 Å². The highest BCUT2D eigenvalue weighted by Crippen LogP contribution is 2.37. The molecule has 0 radical (unpaired) electrons. The van der Waals surface area contributed by atoms with Gasteiger partial charge in [0.25, 0.3) is 5.91 Å². The molecule has 2 aromatic rings. The summed E-state index contributed by atoms with van der Waals surface area (Å²) in [7, 11) is 0. The third-order valence-electron chi connectivity index (χ3n) is 3.23. The number of aliphatic hydroxyl groups is 2. The number of fused-ring (bicyclic) bond motifs is 1. The summed E-state index contributed by atoms with van der Waals surface area (Å²) >= 11 is 0. The van der Waals surface area contributed by atoms with Crippen LogP contribution in [0.3, 0.4) is 0 Å². The summed E-state index contributed by atoms with van der Waals surface area (Å²) in [4.78, 5) is 15.9. The molecule has 0 saturated carbocycles. The van der Waals surface area contributed by atoms with Crippen LogP contribution in [-0.4, -0.2) is 26.1 Å². The summed E-state index contributed by atoms with van der Waals surface area (Å²) < 4.78 is 0. The maximum Gasteiger partial charge on any atom is 0.267 e. The smallest absolute Gasteiger partial charge is 0.267 e. The van der Waals surface area contributed by atoms with Gasteiger partial charge in [0, 0.05) is 23.5 Å². The fraction of sp³-hybridized carbons (Fsp3) is 0.143. The number of aliphatic hydroxyl groups excluding tert-OH is 2. The molecule has 6 heteroatoms. The normalized spacial score (nSPS) is 21.5. The number of nitrogens with zero attached hydrogens (tertiary/aromatic N) is 2. The van der Waals surface area contributed by atoms with E-state index in [9.17, 15) is 15.0 Å². The summed E-state index contributed by atoms with van der Waals surface area (Å²) in [6.07, 6.45) is 0.812. The molecule has 20 heavy (non-hydrogen) atoms. The Hall–Kier alpha value is -2.28. The van der Waals surface area contributed by atoms with Crippen molar-refractivity contribution in [2.75, 3.05) is 0 Å². The minimum atomic E-state index is -1.08. The second-order valence-electron chi connectivity index (χ2n) is 4.47. The quantitative estimate of drug-likeness (QED) is 0.749. The Morgan fingerprint density at radius 3 is 2.30 bits per heavy atom. The second kappa shape index (κ2) is 5.01. The first-order valence-corrected chi connectivity index (χ1v) is 6.13. The second-order valence-corrected chi connectivity index (χ2v) is 4.47. The summed E-state index contributed by atoms with van der Waals surface area (Å²) in [5.41, 5.74) is 4.00. The lowest BCUT2D eigenvalue weighted by Crippen LogP contribution is -2.43. The van der Waals surface area contributed by atoms with Gasteiger partial charge in [-0.3, -0.25) is 15.2 Å². The number of hydrogen-bond donors (Lipinski definition) is 3. The molecular formula is C14H13N3O3. The van der Waals surface area contributed by atoms with E-state index in [-0.39, 0.29) is 0 Å². The molecule has 2 heterocycles. The number of amides is 1. The number of hydrazine groups is 1. The van der Waals surface area contributed by atoms with Gasteiger partial charge < -0.3 is 10.2 Å². The lowest BCUT2D eigenvalue weighted by atomic mass is 10.1. The van der Waals surface area contributed by atoms with E-state index in [1.807, 2.05) is 0 Å². The molecule has 0 fully saturated rings. The molecular weight excluding hydrogens is 258 g/mol. The molecule has 1 aromatic heterocycles. The van der Waals surface area contributed by atoms with Gasteiger partial charge in [0.2, 0.25) is 0 Å². The van der Waals surface area contributed by atoms with Crippen molar-refractivity contribution in [3.8, 4) is 0 Å². The number of benzene rings is 1. The Bertz CT molecular complexity index is 604. The van der Waals surface area contributed by atoms with Gasteiger partial charge in [-0.25, -0.2) is 0 Å². The maximum atomic E-state index is 12.0. The first kappa shape index (κ1) is 12.7. The van der Waals surface area contributed by atoms with Gasteiger partial charge in [0.15, 0.2) is 12.5 Å². The van der Waals surface area contributed by atoms with Crippen LogP contribution in [0.15, 0.2) is 48.8 Å². The van der Waals surface area contributed by atoms with E-state index in [1.54, 1.807) is 42.6 Å². The SMILES string of the molecule is O=C(NN1C(O)c2ccccc2C1O)c1cccnc1. The first-order valence-electron chi connectivity index (χ1n) is 6.13. The minimum absolute atomic E-state index is 0.350. The van der Waals surface area contributed by atoms with Gasteiger partial charge in [0.05, 0.1) is 5.56 Å². The Kier molecular flexibility index (Phi) is 3.19. The molecule has 1 aliphatic rings. The van der Waals surface area contributed by atoms with Crippen molar-refractivity contribution >= 4 is 5.91 Å². The van der Waals surface area contributed by atoms with Crippen LogP contribution in [-0.2, 0) is 0 Å². The van der Waals surface area contributed by atoms with Gasteiger partial charge in [-0.2, -0.15) is 5.01 Å². The van der Waals surface area contributed by atoms with Crippen molar-refractivity contribution in [3.05, 3.63) is 65.5 Å². The van der Waals surface area contributed by atoms with Crippen LogP contribution in [0, 0.1) is 0 Å². The number of rotatable bonds is 2. The third-order valence-corrected chi connectivity index (χ3v) is 3.23. The van der Waals surface area contributed by atoms with Gasteiger partial charge in [-0.15, -0.1) is 0 Å². The molecule has 1 amide bonds. The largest absolute Gasteiger partial charge is 0.372 e. The molecule has 0 saturated heterocycles. The average Bonchev–Trinajstić information content (AvgIpc) is 2.74. The number of aromatic nitrogens is 1. The van der Waals surface area contributed by atoms with E-state index in [2.05, 4.69) is 10.4 Å². The van der Waals surface area contributed by atoms with Crippen LogP contribution in [0.4, 0.5) is 0 Å². The molecule has 0 bridgehead atoms. The van der Waals surface area contributed by atoms with Crippen molar-refractivity contribution in [2.45, 2.75) is 12.5 Å². The molecule has 1 aliphatic heterocycles. The summed E-state index contributed by atoms with van der Waals surface area (Å²) in [5.74, 6) is -0.441. The average molecular weight is 271 g/mol. The number of pyridine rings is 1. The molecule has 3 rings (SSSR count).